The molecule has 174 valence electrons. The lowest BCUT2D eigenvalue weighted by atomic mass is 9.95. The monoisotopic (exact) mass is 458 g/mol. The Kier molecular flexibility index (Phi) is 6.31. The van der Waals surface area contributed by atoms with Crippen LogP contribution in [-0.4, -0.2) is 29.0 Å². The second-order valence-corrected chi connectivity index (χ2v) is 7.97. The molecule has 9 heteroatoms. The molecule has 2 N–H and O–H groups in total. The number of nitrogens with one attached hydrogen (secondary N) is 2. The highest BCUT2D eigenvalue weighted by atomic mass is 19.4. The van der Waals surface area contributed by atoms with E-state index in [1.807, 2.05) is 37.3 Å². The maximum Gasteiger partial charge on any atom is 0.410 e. The minimum absolute atomic E-state index is 0.0660. The van der Waals surface area contributed by atoms with Gasteiger partial charge >= 0.3 is 6.18 Å². The molecule has 0 bridgehead atoms. The number of ether oxygens (including phenoxy) is 1. The van der Waals surface area contributed by atoms with E-state index in [0.29, 0.717) is 5.75 Å². The van der Waals surface area contributed by atoms with E-state index in [1.54, 1.807) is 25.3 Å². The van der Waals surface area contributed by atoms with Gasteiger partial charge in [0.15, 0.2) is 6.04 Å². The van der Waals surface area contributed by atoms with Crippen molar-refractivity contribution in [2.24, 2.45) is 0 Å². The van der Waals surface area contributed by atoms with Gasteiger partial charge in [0.1, 0.15) is 17.1 Å². The van der Waals surface area contributed by atoms with Crippen molar-refractivity contribution < 1.29 is 22.7 Å². The second-order valence-electron chi connectivity index (χ2n) is 7.97. The summed E-state index contributed by atoms with van der Waals surface area (Å²) in [5.74, 6) is 0.210. The van der Waals surface area contributed by atoms with E-state index < -0.39 is 24.2 Å². The minimum Gasteiger partial charge on any atom is -0.497 e. The molecular formula is C24H25F3N4O2. The zero-order valence-corrected chi connectivity index (χ0v) is 18.3. The minimum atomic E-state index is -4.50. The number of aromatic nitrogens is 2. The number of nitrogens with zero attached hydrogens (tertiary/aromatic N) is 2. The number of carbonyl (C=O) groups is 1. The topological polar surface area (TPSA) is 68.2 Å². The van der Waals surface area contributed by atoms with E-state index in [2.05, 4.69) is 15.7 Å². The molecule has 0 fully saturated rings. The molecule has 1 aromatic heterocycles. The van der Waals surface area contributed by atoms with E-state index in [0.717, 1.165) is 27.8 Å². The van der Waals surface area contributed by atoms with Crippen LogP contribution in [0.4, 0.5) is 19.0 Å². The van der Waals surface area contributed by atoms with Crippen LogP contribution in [0.3, 0.4) is 0 Å². The zero-order chi connectivity index (χ0) is 23.6. The third kappa shape index (κ3) is 4.81. The number of amides is 1. The van der Waals surface area contributed by atoms with Crippen molar-refractivity contribution in [3.05, 3.63) is 77.0 Å². The van der Waals surface area contributed by atoms with Gasteiger partial charge in [0.25, 0.3) is 5.91 Å². The van der Waals surface area contributed by atoms with Gasteiger partial charge in [-0.3, -0.25) is 4.79 Å². The first-order chi connectivity index (χ1) is 15.8. The summed E-state index contributed by atoms with van der Waals surface area (Å²) in [5, 5.41) is 9.79. The number of benzene rings is 2. The predicted octanol–water partition coefficient (Wildman–Crippen LogP) is 5.04. The quantitative estimate of drug-likeness (QED) is 0.543. The number of aryl methyl sites for hydroxylation is 1. The maximum atomic E-state index is 13.9. The van der Waals surface area contributed by atoms with Gasteiger partial charge in [-0.2, -0.15) is 18.3 Å². The Labute approximate surface area is 189 Å². The summed E-state index contributed by atoms with van der Waals surface area (Å²) in [6, 6.07) is 12.2. The maximum absolute atomic E-state index is 13.9. The Morgan fingerprint density at radius 2 is 1.97 bits per heavy atom. The highest BCUT2D eigenvalue weighted by Crippen LogP contribution is 2.44. The molecule has 33 heavy (non-hydrogen) atoms. The number of carbonyl (C=O) groups excluding carboxylic acids is 1. The molecule has 3 aromatic rings. The van der Waals surface area contributed by atoms with Crippen LogP contribution in [-0.2, 0) is 13.0 Å². The summed E-state index contributed by atoms with van der Waals surface area (Å²) in [5.41, 5.74) is 2.71. The highest BCUT2D eigenvalue weighted by Gasteiger charge is 2.47. The van der Waals surface area contributed by atoms with Crippen LogP contribution >= 0.6 is 0 Å². The first-order valence-corrected chi connectivity index (χ1v) is 10.7. The molecule has 1 aliphatic rings. The van der Waals surface area contributed by atoms with Crippen molar-refractivity contribution in [1.29, 1.82) is 0 Å². The van der Waals surface area contributed by atoms with Crippen molar-refractivity contribution in [3.8, 4) is 5.75 Å². The Morgan fingerprint density at radius 3 is 2.64 bits per heavy atom. The molecule has 0 unspecified atom stereocenters. The average molecular weight is 458 g/mol. The van der Waals surface area contributed by atoms with Crippen LogP contribution in [0.15, 0.2) is 54.7 Å². The van der Waals surface area contributed by atoms with Gasteiger partial charge in [0.2, 0.25) is 0 Å². The summed E-state index contributed by atoms with van der Waals surface area (Å²) in [4.78, 5) is 12.9. The number of methoxy groups -OCH3 is 1. The number of hydrogen-bond donors (Lipinski definition) is 2. The standard InChI is InChI=1S/C24H25F3N4O2/c1-3-15-7-9-17(10-8-15)20-12-21(24(25,26)27)31-22(30-20)19(14-29-31)23(32)28-13-16-5-4-6-18(11-16)33-2/h4-11,14,20-21,30H,3,12-13H2,1-2H3,(H,28,32)/t20-,21+/m0/s1. The van der Waals surface area contributed by atoms with Gasteiger partial charge in [-0.05, 0) is 35.2 Å². The number of hydrogen-bond acceptors (Lipinski definition) is 4. The molecule has 0 spiro atoms. The summed E-state index contributed by atoms with van der Waals surface area (Å²) in [6.45, 7) is 2.22. The fourth-order valence-corrected chi connectivity index (χ4v) is 3.99. The van der Waals surface area contributed by atoms with Gasteiger partial charge in [-0.1, -0.05) is 43.3 Å². The van der Waals surface area contributed by atoms with Crippen molar-refractivity contribution in [1.82, 2.24) is 15.1 Å². The normalized spacial score (nSPS) is 17.7. The average Bonchev–Trinajstić information content (AvgIpc) is 3.25. The Balaban J connectivity index is 1.59. The fraction of sp³-hybridized carbons (Fsp3) is 0.333. The summed E-state index contributed by atoms with van der Waals surface area (Å²) >= 11 is 0. The SMILES string of the molecule is CCc1ccc([C@@H]2C[C@H](C(F)(F)F)n3ncc(C(=O)NCc4cccc(OC)c4)c3N2)cc1. The highest BCUT2D eigenvalue weighted by molar-refractivity contribution is 5.98. The van der Waals surface area contributed by atoms with Crippen molar-refractivity contribution in [3.63, 3.8) is 0 Å². The first kappa shape index (κ1) is 22.7. The summed E-state index contributed by atoms with van der Waals surface area (Å²) < 4.78 is 47.7. The van der Waals surface area contributed by atoms with Crippen LogP contribution in [0.2, 0.25) is 0 Å². The lowest BCUT2D eigenvalue weighted by molar-refractivity contribution is -0.173. The lowest BCUT2D eigenvalue weighted by Crippen LogP contribution is -2.36. The van der Waals surface area contributed by atoms with Crippen LogP contribution < -0.4 is 15.4 Å². The van der Waals surface area contributed by atoms with E-state index in [-0.39, 0.29) is 24.3 Å². The molecular weight excluding hydrogens is 433 g/mol. The van der Waals surface area contributed by atoms with Gasteiger partial charge < -0.3 is 15.4 Å². The van der Waals surface area contributed by atoms with E-state index in [9.17, 15) is 18.0 Å². The van der Waals surface area contributed by atoms with Crippen molar-refractivity contribution in [2.45, 2.75) is 44.6 Å². The van der Waals surface area contributed by atoms with Crippen LogP contribution in [0.5, 0.6) is 5.75 Å². The number of anilines is 1. The summed E-state index contributed by atoms with van der Waals surface area (Å²) in [7, 11) is 1.55. The Bertz CT molecular complexity index is 1130. The lowest BCUT2D eigenvalue weighted by Gasteiger charge is -2.34. The number of halogens is 3. The molecule has 6 nitrogen and oxygen atoms in total. The summed E-state index contributed by atoms with van der Waals surface area (Å²) in [6.07, 6.45) is -2.69. The predicted molar refractivity (Wildman–Crippen MR) is 118 cm³/mol. The molecule has 1 aliphatic heterocycles. The molecule has 0 saturated heterocycles. The largest absolute Gasteiger partial charge is 0.497 e. The van der Waals surface area contributed by atoms with E-state index in [4.69, 9.17) is 4.74 Å². The molecule has 2 atom stereocenters. The molecule has 0 saturated carbocycles. The van der Waals surface area contributed by atoms with Crippen molar-refractivity contribution in [2.75, 3.05) is 12.4 Å². The number of alkyl halides is 3. The van der Waals surface area contributed by atoms with Crippen LogP contribution in [0, 0.1) is 0 Å². The molecule has 2 heterocycles. The number of fused-ring (bicyclic) bond motifs is 1. The molecule has 0 aliphatic carbocycles. The van der Waals surface area contributed by atoms with E-state index in [1.165, 1.54) is 6.20 Å². The molecule has 4 rings (SSSR count). The Hall–Kier alpha value is -3.49. The zero-order valence-electron chi connectivity index (χ0n) is 18.3. The third-order valence-electron chi connectivity index (χ3n) is 5.86. The van der Waals surface area contributed by atoms with Crippen molar-refractivity contribution >= 4 is 11.7 Å². The molecule has 2 aromatic carbocycles. The van der Waals surface area contributed by atoms with Gasteiger partial charge in [-0.15, -0.1) is 0 Å². The van der Waals surface area contributed by atoms with Gasteiger partial charge in [-0.25, -0.2) is 4.68 Å². The van der Waals surface area contributed by atoms with Gasteiger partial charge in [0, 0.05) is 13.0 Å². The third-order valence-corrected chi connectivity index (χ3v) is 5.86. The fourth-order valence-electron chi connectivity index (χ4n) is 3.99. The Morgan fingerprint density at radius 1 is 1.21 bits per heavy atom. The smallest absolute Gasteiger partial charge is 0.410 e. The second kappa shape index (κ2) is 9.17. The van der Waals surface area contributed by atoms with E-state index >= 15 is 0 Å². The first-order valence-electron chi connectivity index (χ1n) is 10.7. The van der Waals surface area contributed by atoms with Gasteiger partial charge in [0.05, 0.1) is 19.3 Å². The van der Waals surface area contributed by atoms with Crippen LogP contribution in [0.1, 0.15) is 52.5 Å². The number of rotatable bonds is 6. The molecule has 1 amide bonds. The van der Waals surface area contributed by atoms with Crippen LogP contribution in [0.25, 0.3) is 0 Å². The molecule has 0 radical (unpaired) electrons.